The lowest BCUT2D eigenvalue weighted by molar-refractivity contribution is 0.0803. The lowest BCUT2D eigenvalue weighted by Gasteiger charge is -2.10. The van der Waals surface area contributed by atoms with Gasteiger partial charge in [0, 0.05) is 18.1 Å². The molecule has 1 amide bonds. The molecule has 1 atom stereocenters. The van der Waals surface area contributed by atoms with Crippen LogP contribution in [0.25, 0.3) is 10.9 Å². The number of rotatable bonds is 4. The van der Waals surface area contributed by atoms with Gasteiger partial charge in [-0.05, 0) is 12.1 Å². The molecule has 3 N–H and O–H groups in total. The fourth-order valence-corrected chi connectivity index (χ4v) is 1.66. The van der Waals surface area contributed by atoms with E-state index < -0.39 is 6.10 Å². The molecule has 0 fully saturated rings. The Morgan fingerprint density at radius 2 is 2.11 bits per heavy atom. The maximum Gasteiger partial charge on any atom is 0.252 e. The first-order valence-corrected chi connectivity index (χ1v) is 5.63. The molecule has 0 saturated heterocycles. The number of nitrogens with zero attached hydrogens (tertiary/aromatic N) is 1. The first-order chi connectivity index (χ1) is 8.72. The van der Waals surface area contributed by atoms with E-state index in [-0.39, 0.29) is 19.1 Å². The standard InChI is InChI=1S/C13H14N2O3/c16-8-9(17)7-15-13(18)11-5-6-14-12-4-2-1-3-10(11)12/h1-6,9,16-17H,7-8H2,(H,15,18). The van der Waals surface area contributed by atoms with Crippen LogP contribution in [0.1, 0.15) is 10.4 Å². The van der Waals surface area contributed by atoms with Gasteiger partial charge in [0.1, 0.15) is 0 Å². The minimum Gasteiger partial charge on any atom is -0.394 e. The van der Waals surface area contributed by atoms with Gasteiger partial charge in [0.25, 0.3) is 5.91 Å². The second kappa shape index (κ2) is 5.57. The Morgan fingerprint density at radius 3 is 2.89 bits per heavy atom. The molecule has 0 aliphatic heterocycles. The van der Waals surface area contributed by atoms with Gasteiger partial charge in [-0.15, -0.1) is 0 Å². The molecule has 1 unspecified atom stereocenters. The molecular formula is C13H14N2O3. The number of carbonyl (C=O) groups excluding carboxylic acids is 1. The van der Waals surface area contributed by atoms with Gasteiger partial charge < -0.3 is 15.5 Å². The lowest BCUT2D eigenvalue weighted by atomic mass is 10.1. The van der Waals surface area contributed by atoms with Crippen molar-refractivity contribution in [2.45, 2.75) is 6.10 Å². The quantitative estimate of drug-likeness (QED) is 0.725. The highest BCUT2D eigenvalue weighted by molar-refractivity contribution is 6.05. The minimum atomic E-state index is -0.943. The predicted molar refractivity (Wildman–Crippen MR) is 67.2 cm³/mol. The van der Waals surface area contributed by atoms with Crippen molar-refractivity contribution in [3.63, 3.8) is 0 Å². The topological polar surface area (TPSA) is 82.5 Å². The summed E-state index contributed by atoms with van der Waals surface area (Å²) in [5, 5.41) is 21.2. The molecule has 1 aromatic carbocycles. The fourth-order valence-electron chi connectivity index (χ4n) is 1.66. The van der Waals surface area contributed by atoms with Gasteiger partial charge in [0.15, 0.2) is 0 Å². The molecule has 1 aromatic heterocycles. The van der Waals surface area contributed by atoms with Crippen LogP contribution in [0.4, 0.5) is 0 Å². The number of aliphatic hydroxyl groups excluding tert-OH is 2. The zero-order chi connectivity index (χ0) is 13.0. The number of pyridine rings is 1. The third-order valence-corrected chi connectivity index (χ3v) is 2.60. The third kappa shape index (κ3) is 2.64. The summed E-state index contributed by atoms with van der Waals surface area (Å²) in [6.45, 7) is -0.358. The zero-order valence-corrected chi connectivity index (χ0v) is 9.71. The Labute approximate surface area is 104 Å². The first-order valence-electron chi connectivity index (χ1n) is 5.63. The van der Waals surface area contributed by atoms with E-state index in [0.717, 1.165) is 10.9 Å². The van der Waals surface area contributed by atoms with Crippen molar-refractivity contribution in [1.82, 2.24) is 10.3 Å². The van der Waals surface area contributed by atoms with Crippen molar-refractivity contribution in [1.29, 1.82) is 0 Å². The lowest BCUT2D eigenvalue weighted by Crippen LogP contribution is -2.33. The molecule has 0 aliphatic rings. The Morgan fingerprint density at radius 1 is 1.33 bits per heavy atom. The smallest absolute Gasteiger partial charge is 0.252 e. The SMILES string of the molecule is O=C(NCC(O)CO)c1ccnc2ccccc12. The van der Waals surface area contributed by atoms with E-state index >= 15 is 0 Å². The number of nitrogens with one attached hydrogen (secondary N) is 1. The molecular weight excluding hydrogens is 232 g/mol. The first kappa shape index (κ1) is 12.5. The number of hydrogen-bond acceptors (Lipinski definition) is 4. The van der Waals surface area contributed by atoms with Gasteiger partial charge in [-0.3, -0.25) is 9.78 Å². The summed E-state index contributed by atoms with van der Waals surface area (Å²) in [7, 11) is 0. The van der Waals surface area contributed by atoms with Gasteiger partial charge in [-0.2, -0.15) is 0 Å². The monoisotopic (exact) mass is 246 g/mol. The van der Waals surface area contributed by atoms with Crippen molar-refractivity contribution < 1.29 is 15.0 Å². The number of benzene rings is 1. The Balaban J connectivity index is 2.22. The molecule has 0 bridgehead atoms. The highest BCUT2D eigenvalue weighted by Gasteiger charge is 2.11. The van der Waals surface area contributed by atoms with Gasteiger partial charge in [-0.1, -0.05) is 18.2 Å². The molecule has 0 saturated carbocycles. The molecule has 5 nitrogen and oxygen atoms in total. The largest absolute Gasteiger partial charge is 0.394 e. The number of aromatic nitrogens is 1. The predicted octanol–water partition coefficient (Wildman–Crippen LogP) is 0.318. The van der Waals surface area contributed by atoms with Crippen LogP contribution in [-0.4, -0.2) is 40.4 Å². The van der Waals surface area contributed by atoms with Gasteiger partial charge in [-0.25, -0.2) is 0 Å². The number of para-hydroxylation sites is 1. The second-order valence-electron chi connectivity index (χ2n) is 3.92. The molecule has 1 heterocycles. The fraction of sp³-hybridized carbons (Fsp3) is 0.231. The summed E-state index contributed by atoms with van der Waals surface area (Å²) in [6.07, 6.45) is 0.627. The van der Waals surface area contributed by atoms with E-state index in [1.54, 1.807) is 12.3 Å². The van der Waals surface area contributed by atoms with E-state index in [2.05, 4.69) is 10.3 Å². The molecule has 2 rings (SSSR count). The molecule has 0 radical (unpaired) electrons. The van der Waals surface area contributed by atoms with Crippen molar-refractivity contribution in [3.8, 4) is 0 Å². The van der Waals surface area contributed by atoms with Crippen molar-refractivity contribution in [2.24, 2.45) is 0 Å². The number of fused-ring (bicyclic) bond motifs is 1. The van der Waals surface area contributed by atoms with E-state index in [1.165, 1.54) is 0 Å². The molecule has 0 spiro atoms. The van der Waals surface area contributed by atoms with Crippen molar-refractivity contribution in [3.05, 3.63) is 42.1 Å². The van der Waals surface area contributed by atoms with Crippen LogP contribution in [0.3, 0.4) is 0 Å². The van der Waals surface area contributed by atoms with Crippen molar-refractivity contribution >= 4 is 16.8 Å². The Kier molecular flexibility index (Phi) is 3.86. The van der Waals surface area contributed by atoms with Crippen LogP contribution >= 0.6 is 0 Å². The van der Waals surface area contributed by atoms with E-state index in [0.29, 0.717) is 5.56 Å². The molecule has 2 aromatic rings. The highest BCUT2D eigenvalue weighted by Crippen LogP contribution is 2.15. The summed E-state index contributed by atoms with van der Waals surface area (Å²) < 4.78 is 0. The number of hydrogen-bond donors (Lipinski definition) is 3. The molecule has 94 valence electrons. The minimum absolute atomic E-state index is 0.0198. The van der Waals surface area contributed by atoms with E-state index in [1.807, 2.05) is 24.3 Å². The Hall–Kier alpha value is -1.98. The van der Waals surface area contributed by atoms with E-state index in [4.69, 9.17) is 5.11 Å². The summed E-state index contributed by atoms with van der Waals surface area (Å²) in [5.41, 5.74) is 1.25. The van der Waals surface area contributed by atoms with Crippen LogP contribution in [0.2, 0.25) is 0 Å². The number of carbonyl (C=O) groups is 1. The van der Waals surface area contributed by atoms with Crippen LogP contribution in [0.5, 0.6) is 0 Å². The van der Waals surface area contributed by atoms with Crippen LogP contribution < -0.4 is 5.32 Å². The van der Waals surface area contributed by atoms with Gasteiger partial charge in [0.05, 0.1) is 23.8 Å². The average molecular weight is 246 g/mol. The second-order valence-corrected chi connectivity index (χ2v) is 3.92. The summed E-state index contributed by atoms with van der Waals surface area (Å²) in [6, 6.07) is 8.97. The van der Waals surface area contributed by atoms with Gasteiger partial charge in [0.2, 0.25) is 0 Å². The maximum atomic E-state index is 11.9. The van der Waals surface area contributed by atoms with Crippen molar-refractivity contribution in [2.75, 3.05) is 13.2 Å². The summed E-state index contributed by atoms with van der Waals surface area (Å²) >= 11 is 0. The summed E-state index contributed by atoms with van der Waals surface area (Å²) in [4.78, 5) is 16.1. The maximum absolute atomic E-state index is 11.9. The highest BCUT2D eigenvalue weighted by atomic mass is 16.3. The van der Waals surface area contributed by atoms with Crippen LogP contribution in [0, 0.1) is 0 Å². The molecule has 18 heavy (non-hydrogen) atoms. The Bertz CT molecular complexity index is 551. The van der Waals surface area contributed by atoms with Crippen LogP contribution in [-0.2, 0) is 0 Å². The average Bonchev–Trinajstić information content (AvgIpc) is 2.43. The number of aliphatic hydroxyl groups is 2. The third-order valence-electron chi connectivity index (χ3n) is 2.60. The molecule has 5 heteroatoms. The molecule has 0 aliphatic carbocycles. The normalized spacial score (nSPS) is 12.3. The number of amides is 1. The summed E-state index contributed by atoms with van der Waals surface area (Å²) in [5.74, 6) is -0.291. The van der Waals surface area contributed by atoms with Gasteiger partial charge >= 0.3 is 0 Å². The van der Waals surface area contributed by atoms with E-state index in [9.17, 15) is 9.90 Å². The zero-order valence-electron chi connectivity index (χ0n) is 9.71. The van der Waals surface area contributed by atoms with Crippen LogP contribution in [0.15, 0.2) is 36.5 Å².